The summed E-state index contributed by atoms with van der Waals surface area (Å²) in [6.45, 7) is 6.75. The molecule has 0 saturated heterocycles. The Bertz CT molecular complexity index is 97.0. The predicted molar refractivity (Wildman–Crippen MR) is 51.8 cm³/mol. The molecule has 1 heteroatoms. The van der Waals surface area contributed by atoms with E-state index < -0.39 is 0 Å². The molecular weight excluding hydrogens is 134 g/mol. The third kappa shape index (κ3) is 7.60. The van der Waals surface area contributed by atoms with E-state index in [0.29, 0.717) is 0 Å². The van der Waals surface area contributed by atoms with Gasteiger partial charge in [-0.25, -0.2) is 0 Å². The van der Waals surface area contributed by atoms with Gasteiger partial charge in [0.1, 0.15) is 0 Å². The first-order valence-corrected chi connectivity index (χ1v) is 4.61. The van der Waals surface area contributed by atoms with E-state index >= 15 is 0 Å². The minimum absolute atomic E-state index is 1.19. The molecule has 0 N–H and O–H groups in total. The highest BCUT2D eigenvalue weighted by atomic mass is 15.1. The molecule has 0 bridgehead atoms. The Morgan fingerprint density at radius 1 is 1.27 bits per heavy atom. The van der Waals surface area contributed by atoms with Gasteiger partial charge < -0.3 is 4.90 Å². The molecule has 0 unspecified atom stereocenters. The third-order valence-electron chi connectivity index (χ3n) is 1.81. The standard InChI is InChI=1S/C10H21N/c1-4-6-8-10-11(3)9-7-5-2/h4,6H,5,7-10H2,1-3H3/b6-4+. The summed E-state index contributed by atoms with van der Waals surface area (Å²) in [5, 5.41) is 0. The topological polar surface area (TPSA) is 3.24 Å². The maximum atomic E-state index is 2.39. The van der Waals surface area contributed by atoms with Crippen LogP contribution >= 0.6 is 0 Å². The van der Waals surface area contributed by atoms with E-state index in [1.54, 1.807) is 0 Å². The van der Waals surface area contributed by atoms with E-state index in [-0.39, 0.29) is 0 Å². The average molecular weight is 155 g/mol. The fourth-order valence-electron chi connectivity index (χ4n) is 1.00. The van der Waals surface area contributed by atoms with Crippen molar-refractivity contribution in [2.45, 2.75) is 33.1 Å². The number of hydrogen-bond acceptors (Lipinski definition) is 1. The average Bonchev–Trinajstić information content (AvgIpc) is 2.01. The van der Waals surface area contributed by atoms with Crippen LogP contribution in [0.3, 0.4) is 0 Å². The third-order valence-corrected chi connectivity index (χ3v) is 1.81. The highest BCUT2D eigenvalue weighted by Crippen LogP contribution is 1.93. The van der Waals surface area contributed by atoms with E-state index in [4.69, 9.17) is 0 Å². The number of allylic oxidation sites excluding steroid dienone is 1. The zero-order valence-corrected chi connectivity index (χ0v) is 8.14. The van der Waals surface area contributed by atoms with Gasteiger partial charge in [-0.1, -0.05) is 25.5 Å². The summed E-state index contributed by atoms with van der Waals surface area (Å²) in [6.07, 6.45) is 8.16. The van der Waals surface area contributed by atoms with Gasteiger partial charge in [0.25, 0.3) is 0 Å². The molecule has 0 spiro atoms. The van der Waals surface area contributed by atoms with Gasteiger partial charge in [0.15, 0.2) is 0 Å². The van der Waals surface area contributed by atoms with Crippen molar-refractivity contribution in [1.82, 2.24) is 4.90 Å². The van der Waals surface area contributed by atoms with E-state index in [9.17, 15) is 0 Å². The van der Waals surface area contributed by atoms with Gasteiger partial charge in [0, 0.05) is 6.54 Å². The summed E-state index contributed by atoms with van der Waals surface area (Å²) >= 11 is 0. The molecule has 0 amide bonds. The first-order chi connectivity index (χ1) is 5.31. The van der Waals surface area contributed by atoms with Crippen molar-refractivity contribution >= 4 is 0 Å². The summed E-state index contributed by atoms with van der Waals surface area (Å²) < 4.78 is 0. The monoisotopic (exact) mass is 155 g/mol. The minimum Gasteiger partial charge on any atom is -0.306 e. The maximum absolute atomic E-state index is 2.39. The van der Waals surface area contributed by atoms with Crippen LogP contribution < -0.4 is 0 Å². The summed E-state index contributed by atoms with van der Waals surface area (Å²) in [6, 6.07) is 0. The maximum Gasteiger partial charge on any atom is 0.00128 e. The molecule has 0 saturated carbocycles. The zero-order chi connectivity index (χ0) is 8.53. The lowest BCUT2D eigenvalue weighted by molar-refractivity contribution is 0.334. The predicted octanol–water partition coefficient (Wildman–Crippen LogP) is 2.68. The molecule has 0 radical (unpaired) electrons. The van der Waals surface area contributed by atoms with Crippen molar-refractivity contribution in [3.63, 3.8) is 0 Å². The van der Waals surface area contributed by atoms with Gasteiger partial charge in [-0.15, -0.1) is 0 Å². The van der Waals surface area contributed by atoms with Crippen molar-refractivity contribution in [3.05, 3.63) is 12.2 Å². The smallest absolute Gasteiger partial charge is 0.00128 e. The highest BCUT2D eigenvalue weighted by Gasteiger charge is 1.93. The molecule has 1 nitrogen and oxygen atoms in total. The molecule has 0 aliphatic carbocycles. The van der Waals surface area contributed by atoms with Crippen molar-refractivity contribution in [2.75, 3.05) is 20.1 Å². The van der Waals surface area contributed by atoms with Gasteiger partial charge in [0.05, 0.1) is 0 Å². The highest BCUT2D eigenvalue weighted by molar-refractivity contribution is 4.77. The Morgan fingerprint density at radius 3 is 2.55 bits per heavy atom. The van der Waals surface area contributed by atoms with Gasteiger partial charge in [-0.05, 0) is 33.4 Å². The Labute approximate surface area is 71.1 Å². The number of unbranched alkanes of at least 4 members (excludes halogenated alkanes) is 1. The van der Waals surface area contributed by atoms with Crippen LogP contribution in [0, 0.1) is 0 Å². The minimum atomic E-state index is 1.19. The fraction of sp³-hybridized carbons (Fsp3) is 0.800. The molecule has 11 heavy (non-hydrogen) atoms. The molecule has 0 aromatic rings. The molecule has 0 aliphatic rings. The number of hydrogen-bond donors (Lipinski definition) is 0. The fourth-order valence-corrected chi connectivity index (χ4v) is 1.00. The van der Waals surface area contributed by atoms with Crippen molar-refractivity contribution in [1.29, 1.82) is 0 Å². The molecule has 0 aliphatic heterocycles. The molecule has 0 aromatic carbocycles. The van der Waals surface area contributed by atoms with Crippen LogP contribution in [0.25, 0.3) is 0 Å². The largest absolute Gasteiger partial charge is 0.306 e. The molecule has 0 atom stereocenters. The van der Waals surface area contributed by atoms with Crippen LogP contribution in [-0.4, -0.2) is 25.0 Å². The second-order valence-corrected chi connectivity index (χ2v) is 3.01. The van der Waals surface area contributed by atoms with Crippen LogP contribution in [0.1, 0.15) is 33.1 Å². The van der Waals surface area contributed by atoms with Crippen LogP contribution in [0.5, 0.6) is 0 Å². The molecule has 0 rings (SSSR count). The summed E-state index contributed by atoms with van der Waals surface area (Å²) in [4.78, 5) is 2.39. The Balaban J connectivity index is 3.15. The lowest BCUT2D eigenvalue weighted by Gasteiger charge is -2.14. The summed E-state index contributed by atoms with van der Waals surface area (Å²) in [5.74, 6) is 0. The Kier molecular flexibility index (Phi) is 7.59. The Hall–Kier alpha value is -0.300. The molecule has 66 valence electrons. The van der Waals surface area contributed by atoms with E-state index in [1.807, 2.05) is 0 Å². The van der Waals surface area contributed by atoms with Crippen LogP contribution in [-0.2, 0) is 0 Å². The van der Waals surface area contributed by atoms with Gasteiger partial charge in [-0.3, -0.25) is 0 Å². The van der Waals surface area contributed by atoms with Crippen molar-refractivity contribution in [2.24, 2.45) is 0 Å². The zero-order valence-electron chi connectivity index (χ0n) is 8.14. The van der Waals surface area contributed by atoms with Crippen LogP contribution in [0.2, 0.25) is 0 Å². The van der Waals surface area contributed by atoms with Crippen LogP contribution in [0.15, 0.2) is 12.2 Å². The van der Waals surface area contributed by atoms with E-state index in [2.05, 4.69) is 37.9 Å². The number of rotatable bonds is 6. The lowest BCUT2D eigenvalue weighted by atomic mass is 10.3. The first kappa shape index (κ1) is 10.7. The van der Waals surface area contributed by atoms with Gasteiger partial charge in [0.2, 0.25) is 0 Å². The Morgan fingerprint density at radius 2 is 2.00 bits per heavy atom. The first-order valence-electron chi connectivity index (χ1n) is 4.61. The lowest BCUT2D eigenvalue weighted by Crippen LogP contribution is -2.20. The molecule has 0 heterocycles. The van der Waals surface area contributed by atoms with Crippen LogP contribution in [0.4, 0.5) is 0 Å². The molecule has 0 fully saturated rings. The van der Waals surface area contributed by atoms with Crippen molar-refractivity contribution in [3.8, 4) is 0 Å². The van der Waals surface area contributed by atoms with Gasteiger partial charge >= 0.3 is 0 Å². The quantitative estimate of drug-likeness (QED) is 0.533. The molecular formula is C10H21N. The number of nitrogens with zero attached hydrogens (tertiary/aromatic N) is 1. The second kappa shape index (κ2) is 7.80. The SMILES string of the molecule is C/C=C/CCN(C)CCCC. The van der Waals surface area contributed by atoms with Crippen molar-refractivity contribution < 1.29 is 0 Å². The summed E-state index contributed by atoms with van der Waals surface area (Å²) in [7, 11) is 2.19. The van der Waals surface area contributed by atoms with Gasteiger partial charge in [-0.2, -0.15) is 0 Å². The summed E-state index contributed by atoms with van der Waals surface area (Å²) in [5.41, 5.74) is 0. The second-order valence-electron chi connectivity index (χ2n) is 3.01. The van der Waals surface area contributed by atoms with E-state index in [1.165, 1.54) is 32.4 Å². The van der Waals surface area contributed by atoms with E-state index in [0.717, 1.165) is 0 Å². The molecule has 0 aromatic heterocycles. The normalized spacial score (nSPS) is 11.6.